The molecule has 82 heavy (non-hydrogen) atoms. The van der Waals surface area contributed by atoms with Gasteiger partial charge in [0.2, 0.25) is 0 Å². The van der Waals surface area contributed by atoms with Crippen LogP contribution in [0.3, 0.4) is 0 Å². The topological polar surface area (TPSA) is 184 Å². The number of rotatable bonds is 17. The van der Waals surface area contributed by atoms with Gasteiger partial charge in [0.05, 0.1) is 55.3 Å². The average molecular weight is 1160 g/mol. The van der Waals surface area contributed by atoms with Gasteiger partial charge in [0.1, 0.15) is 17.8 Å². The van der Waals surface area contributed by atoms with Crippen LogP contribution in [-0.2, 0) is 66.7 Å². The van der Waals surface area contributed by atoms with Crippen LogP contribution in [0.2, 0.25) is 0 Å². The van der Waals surface area contributed by atoms with Crippen LogP contribution in [0.4, 0.5) is 0 Å². The molecule has 8 saturated carbocycles. The molecule has 470 valence electrons. The molecule has 2 aliphatic heterocycles. The van der Waals surface area contributed by atoms with Crippen LogP contribution in [0.25, 0.3) is 0 Å². The lowest BCUT2D eigenvalue weighted by atomic mass is 9.74. The summed E-state index contributed by atoms with van der Waals surface area (Å²) in [5, 5.41) is 0. The number of ether oxygens (including phenoxy) is 7. The molecular formula is C68H114O14. The maximum Gasteiger partial charge on any atom is 0.317 e. The Bertz CT molecular complexity index is 1950. The van der Waals surface area contributed by atoms with Gasteiger partial charge in [0.25, 0.3) is 0 Å². The number of esters is 7. The number of carbonyl (C=O) groups excluding carboxylic acids is 7. The van der Waals surface area contributed by atoms with E-state index in [0.29, 0.717) is 74.3 Å². The predicted octanol–water partition coefficient (Wildman–Crippen LogP) is 14.4. The number of hydrogen-bond donors (Lipinski definition) is 0. The third-order valence-corrected chi connectivity index (χ3v) is 22.5. The standard InChI is InChI=1S/C21H34O2.C19H34O2.C15H26O4.2C6H8O3.CH4/c1-14-15(2)18-12-16(14)13-19(18)20(22)23-21(10-6-7-11-21)17-8-4-3-5-9-17;1-3-9-16(2)12-13-18(20)21-19(14-7-8-15-19)17-10-5-4-6-11-17;1-10-11(2)13-8-12(10)9-14(13)15(16)19-7-6-18-5-4-17-3;2*1-3-4(2)6(8)9-5(3)7;/h14-19H,3-13H2,1-2H3;16-17H,3-15H2,1-2H3;10-14H,4-9H2,1-3H3;2*3-4H,1-2H3;1H4. The van der Waals surface area contributed by atoms with E-state index >= 15 is 0 Å². The number of hydrogen-bond acceptors (Lipinski definition) is 14. The third kappa shape index (κ3) is 17.9. The highest BCUT2D eigenvalue weighted by atomic mass is 16.6. The molecule has 0 N–H and O–H groups in total. The van der Waals surface area contributed by atoms with Crippen molar-refractivity contribution in [3.8, 4) is 0 Å². The molecule has 10 fully saturated rings. The highest BCUT2D eigenvalue weighted by Crippen LogP contribution is 2.57. The van der Waals surface area contributed by atoms with Crippen LogP contribution in [-0.4, -0.2) is 86.5 Å². The first-order valence-electron chi connectivity index (χ1n) is 32.9. The van der Waals surface area contributed by atoms with Gasteiger partial charge in [-0.3, -0.25) is 33.6 Å². The lowest BCUT2D eigenvalue weighted by molar-refractivity contribution is -0.175. The molecule has 10 rings (SSSR count). The number of methoxy groups -OCH3 is 1. The van der Waals surface area contributed by atoms with Gasteiger partial charge in [-0.2, -0.15) is 0 Å². The second-order valence-electron chi connectivity index (χ2n) is 27.4. The van der Waals surface area contributed by atoms with Crippen molar-refractivity contribution in [2.24, 2.45) is 101 Å². The Labute approximate surface area is 495 Å². The molecular weight excluding hydrogens is 1040 g/mol. The van der Waals surface area contributed by atoms with Crippen molar-refractivity contribution in [2.45, 2.75) is 255 Å². The summed E-state index contributed by atoms with van der Waals surface area (Å²) in [5.74, 6) is 5.55. The van der Waals surface area contributed by atoms with Gasteiger partial charge in [-0.25, -0.2) is 0 Å². The Morgan fingerprint density at radius 1 is 0.512 bits per heavy atom. The summed E-state index contributed by atoms with van der Waals surface area (Å²) in [5.41, 5.74) is -0.153. The van der Waals surface area contributed by atoms with Crippen molar-refractivity contribution in [3.05, 3.63) is 0 Å². The fraction of sp³-hybridized carbons (Fsp3) is 0.897. The molecule has 10 aliphatic rings. The molecule has 0 aromatic carbocycles. The summed E-state index contributed by atoms with van der Waals surface area (Å²) in [6.45, 7) is 22.5. The van der Waals surface area contributed by atoms with Crippen LogP contribution in [0.5, 0.6) is 0 Å². The number of fused-ring (bicyclic) bond motifs is 4. The molecule has 14 heteroatoms. The first kappa shape index (κ1) is 69.4. The summed E-state index contributed by atoms with van der Waals surface area (Å²) in [4.78, 5) is 79.7. The monoisotopic (exact) mass is 1150 g/mol. The highest BCUT2D eigenvalue weighted by molar-refractivity contribution is 5.96. The van der Waals surface area contributed by atoms with E-state index in [-0.39, 0.29) is 72.0 Å². The molecule has 14 nitrogen and oxygen atoms in total. The molecule has 0 radical (unpaired) electrons. The Hall–Kier alpha value is -3.39. The normalized spacial score (nSPS) is 34.3. The van der Waals surface area contributed by atoms with E-state index in [0.717, 1.165) is 68.6 Å². The van der Waals surface area contributed by atoms with Gasteiger partial charge >= 0.3 is 41.8 Å². The van der Waals surface area contributed by atoms with E-state index in [1.807, 2.05) is 0 Å². The molecule has 15 atom stereocenters. The van der Waals surface area contributed by atoms with Gasteiger partial charge < -0.3 is 33.2 Å². The number of cyclic esters (lactones) is 4. The molecule has 8 aliphatic carbocycles. The first-order chi connectivity index (χ1) is 38.7. The maximum atomic E-state index is 13.1. The lowest BCUT2D eigenvalue weighted by Crippen LogP contribution is -2.44. The minimum absolute atomic E-state index is 0. The minimum Gasteiger partial charge on any atom is -0.463 e. The summed E-state index contributed by atoms with van der Waals surface area (Å²) < 4.78 is 36.7. The summed E-state index contributed by atoms with van der Waals surface area (Å²) >= 11 is 0. The van der Waals surface area contributed by atoms with Crippen molar-refractivity contribution in [1.29, 1.82) is 0 Å². The molecule has 0 aromatic rings. The smallest absolute Gasteiger partial charge is 0.317 e. The van der Waals surface area contributed by atoms with Crippen LogP contribution >= 0.6 is 0 Å². The Morgan fingerprint density at radius 3 is 1.28 bits per heavy atom. The van der Waals surface area contributed by atoms with Gasteiger partial charge in [0.15, 0.2) is 0 Å². The largest absolute Gasteiger partial charge is 0.463 e. The minimum atomic E-state index is -0.396. The van der Waals surface area contributed by atoms with Crippen molar-refractivity contribution >= 4 is 41.8 Å². The average Bonchev–Trinajstić information content (AvgIpc) is 3.18. The fourth-order valence-electron chi connectivity index (χ4n) is 16.3. The van der Waals surface area contributed by atoms with Crippen LogP contribution < -0.4 is 0 Å². The molecule has 0 aromatic heterocycles. The van der Waals surface area contributed by atoms with Crippen molar-refractivity contribution in [1.82, 2.24) is 0 Å². The van der Waals surface area contributed by atoms with E-state index in [1.165, 1.54) is 116 Å². The van der Waals surface area contributed by atoms with Crippen molar-refractivity contribution in [3.63, 3.8) is 0 Å². The third-order valence-electron chi connectivity index (χ3n) is 22.5. The summed E-state index contributed by atoms with van der Waals surface area (Å²) in [7, 11) is 1.64. The van der Waals surface area contributed by atoms with Gasteiger partial charge in [0, 0.05) is 13.5 Å². The van der Waals surface area contributed by atoms with E-state index in [9.17, 15) is 33.6 Å². The molecule has 4 bridgehead atoms. The van der Waals surface area contributed by atoms with Crippen LogP contribution in [0.15, 0.2) is 0 Å². The molecule has 0 spiro atoms. The molecule has 15 unspecified atom stereocenters. The SMILES string of the molecule is C.CC1C(=O)OC(=O)C1C.CC1C(=O)OC(=O)C1C.CC1C2CC(C(=O)OC3(C4CCCCC4)CCCC3)C(C2)C1C.CCCC(C)CCC(=O)OC1(C2CCCCC2)CCCC1.COCCOCCOC(=O)C1CC2CC1C(C)C2C. The maximum absolute atomic E-state index is 13.1. The van der Waals surface area contributed by atoms with Gasteiger partial charge in [-0.1, -0.05) is 128 Å². The molecule has 2 heterocycles. The Balaban J connectivity index is 0.000000196. The zero-order valence-electron chi connectivity index (χ0n) is 52.2. The molecule has 2 saturated heterocycles. The van der Waals surface area contributed by atoms with Gasteiger partial charge in [-0.05, 0) is 174 Å². The second kappa shape index (κ2) is 32.9. The predicted molar refractivity (Wildman–Crippen MR) is 316 cm³/mol. The first-order valence-corrected chi connectivity index (χ1v) is 32.9. The van der Waals surface area contributed by atoms with Crippen molar-refractivity contribution in [2.75, 3.05) is 33.5 Å². The van der Waals surface area contributed by atoms with E-state index < -0.39 is 23.9 Å². The fourth-order valence-corrected chi connectivity index (χ4v) is 16.3. The lowest BCUT2D eigenvalue weighted by Gasteiger charge is -2.41. The zero-order chi connectivity index (χ0) is 59.0. The summed E-state index contributed by atoms with van der Waals surface area (Å²) in [6, 6.07) is 0. The van der Waals surface area contributed by atoms with Gasteiger partial charge in [-0.15, -0.1) is 0 Å². The Kier molecular flexibility index (Phi) is 27.9. The van der Waals surface area contributed by atoms with E-state index in [2.05, 4.69) is 51.0 Å². The zero-order valence-corrected chi connectivity index (χ0v) is 52.2. The van der Waals surface area contributed by atoms with Crippen LogP contribution in [0.1, 0.15) is 244 Å². The quantitative estimate of drug-likeness (QED) is 0.0580. The van der Waals surface area contributed by atoms with Crippen LogP contribution in [0, 0.1) is 101 Å². The van der Waals surface area contributed by atoms with E-state index in [1.54, 1.807) is 34.8 Å². The summed E-state index contributed by atoms with van der Waals surface area (Å²) in [6.07, 6.45) is 31.4. The molecule has 0 amide bonds. The van der Waals surface area contributed by atoms with Crippen molar-refractivity contribution < 1.29 is 66.7 Å². The van der Waals surface area contributed by atoms with E-state index in [4.69, 9.17) is 23.7 Å². The highest BCUT2D eigenvalue weighted by Gasteiger charge is 2.55. The second-order valence-corrected chi connectivity index (χ2v) is 27.4. The number of carbonyl (C=O) groups is 7. The Morgan fingerprint density at radius 2 is 0.915 bits per heavy atom.